The molecule has 7 rings (SSSR count). The normalized spacial score (nSPS) is 11.4. The topological polar surface area (TPSA) is 137 Å². The Morgan fingerprint density at radius 2 is 1.14 bits per heavy atom. The van der Waals surface area contributed by atoms with Crippen LogP contribution in [-0.4, -0.2) is 39.2 Å². The standard InChI is InChI=1S/C26H20F2N2O4.C18H13BrFNO3/c1-15(16-2-5-19(27)6-3-16)29-25(33)17-4-11-23-18(12-17)13-22(14-24(31)32)30(26(23)34)21-9-7-20(28)8-10-21;1-24-17(22)10-15-9-11-8-12(19)2-7-16(11)18(23)21(15)14-5-3-13(20)4-6-14/h2-13,15H,14H2,1H3,(H,29,33)(H,31,32);2-9H,10H2,1H3/t15-;/m1./s1. The first-order valence-electron chi connectivity index (χ1n) is 17.6. The molecule has 0 spiro atoms. The van der Waals surface area contributed by atoms with Crippen molar-refractivity contribution in [3.05, 3.63) is 186 Å². The number of fused-ring (bicyclic) bond motifs is 2. The van der Waals surface area contributed by atoms with Crippen molar-refractivity contribution in [2.75, 3.05) is 7.11 Å². The van der Waals surface area contributed by atoms with Gasteiger partial charge in [0.05, 0.1) is 26.0 Å². The van der Waals surface area contributed by atoms with Gasteiger partial charge in [0.1, 0.15) is 17.5 Å². The van der Waals surface area contributed by atoms with E-state index in [1.165, 1.54) is 101 Å². The van der Waals surface area contributed by atoms with Gasteiger partial charge in [-0.2, -0.15) is 0 Å². The summed E-state index contributed by atoms with van der Waals surface area (Å²) in [7, 11) is 1.29. The largest absolute Gasteiger partial charge is 0.481 e. The lowest BCUT2D eigenvalue weighted by molar-refractivity contribution is -0.140. The number of carboxylic acid groups (broad SMARTS) is 1. The van der Waals surface area contributed by atoms with Crippen LogP contribution in [0.3, 0.4) is 0 Å². The van der Waals surface area contributed by atoms with Gasteiger partial charge in [0.2, 0.25) is 0 Å². The second kappa shape index (κ2) is 17.6. The molecule has 10 nitrogen and oxygen atoms in total. The molecule has 0 bridgehead atoms. The molecule has 2 N–H and O–H groups in total. The number of pyridine rings is 2. The van der Waals surface area contributed by atoms with Crippen molar-refractivity contribution in [3.63, 3.8) is 0 Å². The Morgan fingerprint density at radius 3 is 1.64 bits per heavy atom. The van der Waals surface area contributed by atoms with Crippen LogP contribution >= 0.6 is 15.9 Å². The number of ether oxygens (including phenoxy) is 1. The first kappa shape index (κ1) is 40.9. The zero-order valence-corrected chi connectivity index (χ0v) is 32.4. The van der Waals surface area contributed by atoms with Gasteiger partial charge in [0, 0.05) is 43.6 Å². The number of carboxylic acids is 1. The zero-order valence-electron chi connectivity index (χ0n) is 30.8. The molecule has 0 saturated heterocycles. The number of carbonyl (C=O) groups is 3. The van der Waals surface area contributed by atoms with Gasteiger partial charge in [-0.1, -0.05) is 28.1 Å². The molecule has 294 valence electrons. The number of rotatable bonds is 9. The molecule has 0 unspecified atom stereocenters. The number of halogens is 4. The van der Waals surface area contributed by atoms with Crippen molar-refractivity contribution < 1.29 is 37.4 Å². The maximum Gasteiger partial charge on any atom is 0.311 e. The minimum atomic E-state index is -1.14. The second-order valence-electron chi connectivity index (χ2n) is 13.1. The van der Waals surface area contributed by atoms with Crippen LogP contribution in [0.4, 0.5) is 13.2 Å². The van der Waals surface area contributed by atoms with E-state index in [-0.39, 0.29) is 34.4 Å². The number of esters is 1. The number of hydrogen-bond donors (Lipinski definition) is 2. The van der Waals surface area contributed by atoms with Gasteiger partial charge in [-0.3, -0.25) is 33.1 Å². The Bertz CT molecular complexity index is 2810. The van der Waals surface area contributed by atoms with Crippen molar-refractivity contribution in [2.24, 2.45) is 0 Å². The molecule has 5 aromatic carbocycles. The molecule has 7 aromatic rings. The molecule has 58 heavy (non-hydrogen) atoms. The average Bonchev–Trinajstić information content (AvgIpc) is 3.19. The van der Waals surface area contributed by atoms with E-state index >= 15 is 0 Å². The average molecular weight is 853 g/mol. The third-order valence-electron chi connectivity index (χ3n) is 9.19. The van der Waals surface area contributed by atoms with Gasteiger partial charge < -0.3 is 15.2 Å². The SMILES string of the molecule is COC(=O)Cc1cc2cc(Br)ccc2c(=O)n1-c1ccc(F)cc1.C[C@@H](NC(=O)c1ccc2c(=O)n(-c3ccc(F)cc3)c(CC(=O)O)cc2c1)c1ccc(F)cc1. The quantitative estimate of drug-likeness (QED) is 0.141. The summed E-state index contributed by atoms with van der Waals surface area (Å²) < 4.78 is 47.9. The fraction of sp³-hybridized carbons (Fsp3) is 0.114. The van der Waals surface area contributed by atoms with Gasteiger partial charge >= 0.3 is 11.9 Å². The minimum Gasteiger partial charge on any atom is -0.481 e. The van der Waals surface area contributed by atoms with Crippen molar-refractivity contribution in [3.8, 4) is 11.4 Å². The van der Waals surface area contributed by atoms with Crippen LogP contribution < -0.4 is 16.4 Å². The van der Waals surface area contributed by atoms with E-state index in [2.05, 4.69) is 21.2 Å². The van der Waals surface area contributed by atoms with Gasteiger partial charge in [-0.25, -0.2) is 13.2 Å². The summed E-state index contributed by atoms with van der Waals surface area (Å²) >= 11 is 3.38. The minimum absolute atomic E-state index is 0.0639. The van der Waals surface area contributed by atoms with Crippen LogP contribution in [0.15, 0.2) is 135 Å². The molecule has 2 heterocycles. The monoisotopic (exact) mass is 851 g/mol. The highest BCUT2D eigenvalue weighted by molar-refractivity contribution is 9.10. The third kappa shape index (κ3) is 9.24. The van der Waals surface area contributed by atoms with Crippen LogP contribution in [0.1, 0.15) is 40.3 Å². The number of amides is 1. The van der Waals surface area contributed by atoms with E-state index < -0.39 is 47.5 Å². The molecule has 1 atom stereocenters. The van der Waals surface area contributed by atoms with E-state index in [9.17, 15) is 42.3 Å². The van der Waals surface area contributed by atoms with Crippen LogP contribution in [0, 0.1) is 17.5 Å². The molecule has 2 aromatic heterocycles. The molecular weight excluding hydrogens is 819 g/mol. The maximum absolute atomic E-state index is 13.4. The summed E-state index contributed by atoms with van der Waals surface area (Å²) in [4.78, 5) is 62.1. The summed E-state index contributed by atoms with van der Waals surface area (Å²) in [6, 6.07) is 29.2. The summed E-state index contributed by atoms with van der Waals surface area (Å²) in [5, 5.41) is 14.1. The lowest BCUT2D eigenvalue weighted by Crippen LogP contribution is -2.27. The zero-order chi connectivity index (χ0) is 41.7. The van der Waals surface area contributed by atoms with Crippen molar-refractivity contribution in [1.82, 2.24) is 14.5 Å². The van der Waals surface area contributed by atoms with Crippen LogP contribution in [0.2, 0.25) is 0 Å². The van der Waals surface area contributed by atoms with Gasteiger partial charge in [-0.05, 0) is 132 Å². The fourth-order valence-corrected chi connectivity index (χ4v) is 6.73. The summed E-state index contributed by atoms with van der Waals surface area (Å²) in [6.45, 7) is 1.76. The van der Waals surface area contributed by atoms with Crippen molar-refractivity contribution >= 4 is 55.3 Å². The molecule has 0 aliphatic rings. The predicted molar refractivity (Wildman–Crippen MR) is 216 cm³/mol. The number of benzene rings is 5. The van der Waals surface area contributed by atoms with Gasteiger partial charge in [0.25, 0.3) is 17.0 Å². The highest BCUT2D eigenvalue weighted by Gasteiger charge is 2.18. The Balaban J connectivity index is 0.000000208. The van der Waals surface area contributed by atoms with Crippen LogP contribution in [0.5, 0.6) is 0 Å². The van der Waals surface area contributed by atoms with Gasteiger partial charge in [0.15, 0.2) is 0 Å². The molecule has 14 heteroatoms. The molecule has 1 amide bonds. The summed E-state index contributed by atoms with van der Waals surface area (Å²) in [5.41, 5.74) is 1.74. The number of carbonyl (C=O) groups excluding carboxylic acids is 2. The van der Waals surface area contributed by atoms with E-state index in [4.69, 9.17) is 4.74 Å². The lowest BCUT2D eigenvalue weighted by atomic mass is 10.0. The Kier molecular flexibility index (Phi) is 12.4. The van der Waals surface area contributed by atoms with Crippen LogP contribution in [-0.2, 0) is 27.2 Å². The Morgan fingerprint density at radius 1 is 0.672 bits per heavy atom. The van der Waals surface area contributed by atoms with Gasteiger partial charge in [-0.15, -0.1) is 0 Å². The third-order valence-corrected chi connectivity index (χ3v) is 9.68. The second-order valence-corrected chi connectivity index (χ2v) is 14.0. The maximum atomic E-state index is 13.4. The molecule has 0 aliphatic heterocycles. The summed E-state index contributed by atoms with van der Waals surface area (Å²) in [5.74, 6) is -3.26. The number of methoxy groups -OCH3 is 1. The molecule has 0 saturated carbocycles. The van der Waals surface area contributed by atoms with E-state index in [0.29, 0.717) is 33.2 Å². The molecule has 0 aliphatic carbocycles. The molecule has 0 radical (unpaired) electrons. The number of aliphatic carboxylic acids is 1. The molecular formula is C44H33BrF3N3O7. The highest BCUT2D eigenvalue weighted by Crippen LogP contribution is 2.23. The van der Waals surface area contributed by atoms with Crippen LogP contribution in [0.25, 0.3) is 32.9 Å². The summed E-state index contributed by atoms with van der Waals surface area (Å²) in [6.07, 6.45) is -0.508. The highest BCUT2D eigenvalue weighted by atomic mass is 79.9. The Hall–Kier alpha value is -6.80. The molecule has 0 fully saturated rings. The van der Waals surface area contributed by atoms with E-state index in [1.54, 1.807) is 37.3 Å². The Labute approximate surface area is 336 Å². The van der Waals surface area contributed by atoms with E-state index in [1.807, 2.05) is 6.07 Å². The fourth-order valence-electron chi connectivity index (χ4n) is 6.35. The number of nitrogens with zero attached hydrogens (tertiary/aromatic N) is 2. The number of hydrogen-bond acceptors (Lipinski definition) is 6. The van der Waals surface area contributed by atoms with Crippen molar-refractivity contribution in [2.45, 2.75) is 25.8 Å². The predicted octanol–water partition coefficient (Wildman–Crippen LogP) is 7.99. The number of aromatic nitrogens is 2. The van der Waals surface area contributed by atoms with E-state index in [0.717, 1.165) is 10.0 Å². The first-order chi connectivity index (χ1) is 27.7. The lowest BCUT2D eigenvalue weighted by Gasteiger charge is -2.16. The smallest absolute Gasteiger partial charge is 0.311 e. The van der Waals surface area contributed by atoms with Crippen molar-refractivity contribution in [1.29, 1.82) is 0 Å². The first-order valence-corrected chi connectivity index (χ1v) is 18.4. The number of nitrogens with one attached hydrogen (secondary N) is 1.